The second-order valence-electron chi connectivity index (χ2n) is 4.61. The molecule has 0 aromatic heterocycles. The molecule has 0 radical (unpaired) electrons. The monoisotopic (exact) mass is 184 g/mol. The van der Waals surface area contributed by atoms with Crippen molar-refractivity contribution in [3.8, 4) is 0 Å². The van der Waals surface area contributed by atoms with Crippen LogP contribution in [0, 0.1) is 5.41 Å². The molecular formula is C10H20N2O. The highest BCUT2D eigenvalue weighted by atomic mass is 16.1. The summed E-state index contributed by atoms with van der Waals surface area (Å²) in [7, 11) is 0. The first kappa shape index (κ1) is 10.5. The Kier molecular flexibility index (Phi) is 3.31. The van der Waals surface area contributed by atoms with Crippen molar-refractivity contribution in [2.24, 2.45) is 11.1 Å². The summed E-state index contributed by atoms with van der Waals surface area (Å²) in [6, 6.07) is 0.610. The smallest absolute Gasteiger partial charge is 0.224 e. The van der Waals surface area contributed by atoms with Crippen LogP contribution in [-0.4, -0.2) is 18.5 Å². The lowest BCUT2D eigenvalue weighted by Crippen LogP contribution is -2.43. The van der Waals surface area contributed by atoms with Gasteiger partial charge in [-0.1, -0.05) is 12.8 Å². The number of carbonyl (C=O) groups is 1. The molecule has 0 bridgehead atoms. The fourth-order valence-corrected chi connectivity index (χ4v) is 1.62. The average molecular weight is 184 g/mol. The van der Waals surface area contributed by atoms with E-state index in [9.17, 15) is 4.79 Å². The Bertz CT molecular complexity index is 183. The van der Waals surface area contributed by atoms with Gasteiger partial charge in [0.2, 0.25) is 5.91 Å². The summed E-state index contributed by atoms with van der Waals surface area (Å²) in [6.45, 7) is 4.47. The number of nitrogens with two attached hydrogens (primary N) is 1. The van der Waals surface area contributed by atoms with E-state index in [1.165, 1.54) is 25.7 Å². The van der Waals surface area contributed by atoms with Gasteiger partial charge in [-0.2, -0.15) is 0 Å². The van der Waals surface area contributed by atoms with Crippen molar-refractivity contribution >= 4 is 5.91 Å². The van der Waals surface area contributed by atoms with Gasteiger partial charge in [0, 0.05) is 12.6 Å². The molecule has 1 aliphatic rings. The summed E-state index contributed by atoms with van der Waals surface area (Å²) in [4.78, 5) is 11.0. The summed E-state index contributed by atoms with van der Waals surface area (Å²) in [5, 5.41) is 3.40. The third kappa shape index (κ3) is 2.99. The van der Waals surface area contributed by atoms with Crippen molar-refractivity contribution in [2.75, 3.05) is 6.54 Å². The van der Waals surface area contributed by atoms with Crippen molar-refractivity contribution in [3.63, 3.8) is 0 Å². The largest absolute Gasteiger partial charge is 0.369 e. The van der Waals surface area contributed by atoms with E-state index >= 15 is 0 Å². The summed E-state index contributed by atoms with van der Waals surface area (Å²) >= 11 is 0. The minimum Gasteiger partial charge on any atom is -0.369 e. The number of carbonyl (C=O) groups excluding carboxylic acids is 1. The topological polar surface area (TPSA) is 55.1 Å². The van der Waals surface area contributed by atoms with Gasteiger partial charge >= 0.3 is 0 Å². The van der Waals surface area contributed by atoms with Crippen molar-refractivity contribution in [3.05, 3.63) is 0 Å². The first-order valence-corrected chi connectivity index (χ1v) is 5.06. The maximum atomic E-state index is 11.0. The molecule has 0 unspecified atom stereocenters. The number of primary amides is 1. The van der Waals surface area contributed by atoms with Gasteiger partial charge in [0.25, 0.3) is 0 Å². The van der Waals surface area contributed by atoms with Crippen LogP contribution in [0.15, 0.2) is 0 Å². The molecule has 0 heterocycles. The van der Waals surface area contributed by atoms with E-state index in [1.54, 1.807) is 0 Å². The lowest BCUT2D eigenvalue weighted by molar-refractivity contribution is -0.125. The van der Waals surface area contributed by atoms with Crippen LogP contribution in [0.4, 0.5) is 0 Å². The number of hydrogen-bond acceptors (Lipinski definition) is 2. The summed E-state index contributed by atoms with van der Waals surface area (Å²) < 4.78 is 0. The van der Waals surface area contributed by atoms with Gasteiger partial charge in [-0.25, -0.2) is 0 Å². The quantitative estimate of drug-likeness (QED) is 0.685. The fourth-order valence-electron chi connectivity index (χ4n) is 1.62. The van der Waals surface area contributed by atoms with Crippen molar-refractivity contribution in [2.45, 2.75) is 45.6 Å². The highest BCUT2D eigenvalue weighted by Gasteiger charge is 2.26. The number of nitrogens with one attached hydrogen (secondary N) is 1. The molecule has 3 heteroatoms. The van der Waals surface area contributed by atoms with Gasteiger partial charge in [-0.3, -0.25) is 4.79 Å². The summed E-state index contributed by atoms with van der Waals surface area (Å²) in [5.41, 5.74) is 4.86. The molecule has 3 N–H and O–H groups in total. The standard InChI is InChI=1S/C10H20N2O/c1-10(2,9(11)13)7-12-8-5-3-4-6-8/h8,12H,3-7H2,1-2H3,(H2,11,13). The molecule has 0 saturated heterocycles. The molecule has 3 nitrogen and oxygen atoms in total. The second kappa shape index (κ2) is 4.09. The Morgan fingerprint density at radius 1 is 1.46 bits per heavy atom. The minimum absolute atomic E-state index is 0.224. The van der Waals surface area contributed by atoms with Crippen LogP contribution in [0.2, 0.25) is 0 Å². The maximum Gasteiger partial charge on any atom is 0.224 e. The molecule has 0 spiro atoms. The molecule has 13 heavy (non-hydrogen) atoms. The lowest BCUT2D eigenvalue weighted by Gasteiger charge is -2.23. The molecule has 0 aromatic carbocycles. The van der Waals surface area contributed by atoms with Crippen molar-refractivity contribution in [1.82, 2.24) is 5.32 Å². The molecule has 0 aromatic rings. The third-order valence-corrected chi connectivity index (χ3v) is 2.85. The number of rotatable bonds is 4. The first-order chi connectivity index (χ1) is 6.02. The Morgan fingerprint density at radius 3 is 2.46 bits per heavy atom. The molecule has 1 aliphatic carbocycles. The lowest BCUT2D eigenvalue weighted by atomic mass is 9.92. The molecule has 1 fully saturated rings. The molecule has 0 aliphatic heterocycles. The molecule has 76 valence electrons. The Labute approximate surface area is 80.1 Å². The van der Waals surface area contributed by atoms with Crippen molar-refractivity contribution < 1.29 is 4.79 Å². The van der Waals surface area contributed by atoms with E-state index in [2.05, 4.69) is 5.32 Å². The Morgan fingerprint density at radius 2 is 2.00 bits per heavy atom. The van der Waals surface area contributed by atoms with Crippen LogP contribution < -0.4 is 11.1 Å². The minimum atomic E-state index is -0.414. The summed E-state index contributed by atoms with van der Waals surface area (Å²) in [5.74, 6) is -0.224. The van der Waals surface area contributed by atoms with Gasteiger partial charge in [0.05, 0.1) is 5.41 Å². The van der Waals surface area contributed by atoms with E-state index < -0.39 is 5.41 Å². The van der Waals surface area contributed by atoms with Gasteiger partial charge < -0.3 is 11.1 Å². The Hall–Kier alpha value is -0.570. The molecular weight excluding hydrogens is 164 g/mol. The number of hydrogen-bond donors (Lipinski definition) is 2. The van der Waals surface area contributed by atoms with E-state index in [-0.39, 0.29) is 5.91 Å². The molecule has 1 saturated carbocycles. The zero-order chi connectivity index (χ0) is 9.90. The number of amides is 1. The van der Waals surface area contributed by atoms with E-state index in [1.807, 2.05) is 13.8 Å². The van der Waals surface area contributed by atoms with Gasteiger partial charge in [0.1, 0.15) is 0 Å². The predicted octanol–water partition coefficient (Wildman–Crippen LogP) is 1.03. The van der Waals surface area contributed by atoms with Crippen LogP contribution in [0.25, 0.3) is 0 Å². The van der Waals surface area contributed by atoms with Crippen LogP contribution in [0.3, 0.4) is 0 Å². The normalized spacial score (nSPS) is 19.2. The van der Waals surface area contributed by atoms with Crippen molar-refractivity contribution in [1.29, 1.82) is 0 Å². The first-order valence-electron chi connectivity index (χ1n) is 5.06. The van der Waals surface area contributed by atoms with Gasteiger partial charge in [0.15, 0.2) is 0 Å². The SMILES string of the molecule is CC(C)(CNC1CCCC1)C(N)=O. The van der Waals surface area contributed by atoms with E-state index in [4.69, 9.17) is 5.73 Å². The van der Waals surface area contributed by atoms with Gasteiger partial charge in [-0.05, 0) is 26.7 Å². The molecule has 1 amide bonds. The highest BCUT2D eigenvalue weighted by Crippen LogP contribution is 2.19. The van der Waals surface area contributed by atoms with E-state index in [0.717, 1.165) is 0 Å². The predicted molar refractivity (Wildman–Crippen MR) is 53.2 cm³/mol. The summed E-state index contributed by atoms with van der Waals surface area (Å²) in [6.07, 6.45) is 5.12. The van der Waals surface area contributed by atoms with Crippen LogP contribution in [-0.2, 0) is 4.79 Å². The third-order valence-electron chi connectivity index (χ3n) is 2.85. The van der Waals surface area contributed by atoms with E-state index in [0.29, 0.717) is 12.6 Å². The molecule has 1 rings (SSSR count). The fraction of sp³-hybridized carbons (Fsp3) is 0.900. The average Bonchev–Trinajstić information content (AvgIpc) is 2.52. The second-order valence-corrected chi connectivity index (χ2v) is 4.61. The zero-order valence-corrected chi connectivity index (χ0v) is 8.60. The Balaban J connectivity index is 2.28. The zero-order valence-electron chi connectivity index (χ0n) is 8.60. The van der Waals surface area contributed by atoms with Crippen LogP contribution in [0.5, 0.6) is 0 Å². The maximum absolute atomic E-state index is 11.0. The van der Waals surface area contributed by atoms with Crippen LogP contribution >= 0.6 is 0 Å². The van der Waals surface area contributed by atoms with Gasteiger partial charge in [-0.15, -0.1) is 0 Å². The van der Waals surface area contributed by atoms with Crippen LogP contribution in [0.1, 0.15) is 39.5 Å². The highest BCUT2D eigenvalue weighted by molar-refractivity contribution is 5.80. The molecule has 0 atom stereocenters.